The average Bonchev–Trinajstić information content (AvgIpc) is 3.03. The maximum absolute atomic E-state index is 12.7. The molecule has 0 fully saturated rings. The van der Waals surface area contributed by atoms with E-state index in [4.69, 9.17) is 9.84 Å². The molecule has 0 unspecified atom stereocenters. The van der Waals surface area contributed by atoms with Crippen molar-refractivity contribution in [3.05, 3.63) is 59.7 Å². The number of nitrogens with one attached hydrogen (secondary N) is 1. The lowest BCUT2D eigenvalue weighted by Crippen LogP contribution is -2.50. The molecule has 0 heterocycles. The first kappa shape index (κ1) is 25.1. The predicted molar refractivity (Wildman–Crippen MR) is 117 cm³/mol. The van der Waals surface area contributed by atoms with Crippen molar-refractivity contribution in [2.45, 2.75) is 37.9 Å². The summed E-state index contributed by atoms with van der Waals surface area (Å²) in [5.41, 5.74) is 2.87. The number of carbonyl (C=O) groups excluding carboxylic acids is 2. The predicted octanol–water partition coefficient (Wildman–Crippen LogP) is 4.17. The Kier molecular flexibility index (Phi) is 7.18. The molecule has 2 aromatic carbocycles. The van der Waals surface area contributed by atoms with Crippen LogP contribution in [0.25, 0.3) is 11.1 Å². The normalized spacial score (nSPS) is 13.1. The number of hydrogen-bond donors (Lipinski definition) is 2. The number of alkyl carbamates (subject to hydrolysis) is 1. The smallest absolute Gasteiger partial charge is 0.407 e. The third-order valence-electron chi connectivity index (χ3n) is 5.43. The van der Waals surface area contributed by atoms with E-state index in [9.17, 15) is 27.6 Å². The van der Waals surface area contributed by atoms with E-state index in [0.29, 0.717) is 0 Å². The largest absolute Gasteiger partial charge is 0.480 e. The van der Waals surface area contributed by atoms with Crippen molar-refractivity contribution < 1.29 is 37.4 Å². The van der Waals surface area contributed by atoms with Crippen LogP contribution in [0.5, 0.6) is 0 Å². The Hall–Kier alpha value is -3.56. The van der Waals surface area contributed by atoms with Gasteiger partial charge in [0, 0.05) is 17.9 Å². The van der Waals surface area contributed by atoms with E-state index in [2.05, 4.69) is 5.32 Å². The molecule has 34 heavy (non-hydrogen) atoms. The van der Waals surface area contributed by atoms with Crippen molar-refractivity contribution in [2.75, 3.05) is 19.7 Å². The summed E-state index contributed by atoms with van der Waals surface area (Å²) in [5.74, 6) is -2.80. The van der Waals surface area contributed by atoms with Crippen LogP contribution >= 0.6 is 0 Å². The molecular formula is C24H25F3N2O5. The molecule has 2 N–H and O–H groups in total. The summed E-state index contributed by atoms with van der Waals surface area (Å²) in [4.78, 5) is 35.9. The molecule has 0 aromatic heterocycles. The lowest BCUT2D eigenvalue weighted by atomic mass is 9.98. The number of benzene rings is 2. The zero-order chi connectivity index (χ0) is 25.1. The lowest BCUT2D eigenvalue weighted by Gasteiger charge is -2.29. The van der Waals surface area contributed by atoms with Crippen LogP contribution in [-0.4, -0.2) is 59.4 Å². The van der Waals surface area contributed by atoms with E-state index in [0.717, 1.165) is 22.3 Å². The molecule has 0 saturated carbocycles. The molecule has 0 spiro atoms. The van der Waals surface area contributed by atoms with Gasteiger partial charge < -0.3 is 20.1 Å². The standard InChI is InChI=1S/C24H25F3N2O5/c1-23(2,11-20(30)29(12-21(31)32)14-24(25,26)27)28-22(33)34-13-19-17-9-5-3-7-15(17)16-8-4-6-10-18(16)19/h3-10,19H,11-14H2,1-2H3,(H,28,33)(H,31,32). The van der Waals surface area contributed by atoms with Crippen molar-refractivity contribution in [1.29, 1.82) is 0 Å². The number of carbonyl (C=O) groups is 3. The summed E-state index contributed by atoms with van der Waals surface area (Å²) in [6.07, 6.45) is -6.13. The van der Waals surface area contributed by atoms with Gasteiger partial charge in [0.1, 0.15) is 19.7 Å². The molecule has 0 radical (unpaired) electrons. The Morgan fingerprint density at radius 1 is 1.00 bits per heavy atom. The second-order valence-electron chi connectivity index (χ2n) is 8.77. The molecule has 3 rings (SSSR count). The molecule has 0 saturated heterocycles. The third kappa shape index (κ3) is 6.27. The van der Waals surface area contributed by atoms with Crippen LogP contribution in [0.3, 0.4) is 0 Å². The fourth-order valence-corrected chi connectivity index (χ4v) is 4.06. The minimum absolute atomic E-state index is 0.0309. The summed E-state index contributed by atoms with van der Waals surface area (Å²) >= 11 is 0. The van der Waals surface area contributed by atoms with E-state index in [1.54, 1.807) is 0 Å². The van der Waals surface area contributed by atoms with Gasteiger partial charge >= 0.3 is 18.2 Å². The van der Waals surface area contributed by atoms with E-state index in [1.165, 1.54) is 13.8 Å². The van der Waals surface area contributed by atoms with Gasteiger partial charge in [-0.05, 0) is 36.1 Å². The van der Waals surface area contributed by atoms with Crippen LogP contribution in [0.4, 0.5) is 18.0 Å². The van der Waals surface area contributed by atoms with Gasteiger partial charge in [0.05, 0.1) is 0 Å². The minimum Gasteiger partial charge on any atom is -0.480 e. The highest BCUT2D eigenvalue weighted by molar-refractivity contribution is 5.83. The van der Waals surface area contributed by atoms with Crippen LogP contribution in [0, 0.1) is 0 Å². The van der Waals surface area contributed by atoms with Crippen LogP contribution in [0.1, 0.15) is 37.3 Å². The van der Waals surface area contributed by atoms with Crippen LogP contribution in [0.15, 0.2) is 48.5 Å². The Bertz CT molecular complexity index is 1040. The fourth-order valence-electron chi connectivity index (χ4n) is 4.06. The van der Waals surface area contributed by atoms with Crippen LogP contribution in [0.2, 0.25) is 0 Å². The molecule has 2 aromatic rings. The summed E-state index contributed by atoms with van der Waals surface area (Å²) in [6.45, 7) is 0.124. The number of hydrogen-bond acceptors (Lipinski definition) is 4. The van der Waals surface area contributed by atoms with Crippen LogP contribution < -0.4 is 5.32 Å². The summed E-state index contributed by atoms with van der Waals surface area (Å²) in [6, 6.07) is 15.6. The Balaban J connectivity index is 1.62. The topological polar surface area (TPSA) is 95.9 Å². The zero-order valence-electron chi connectivity index (χ0n) is 18.7. The van der Waals surface area contributed by atoms with Crippen molar-refractivity contribution >= 4 is 18.0 Å². The number of amides is 2. The van der Waals surface area contributed by atoms with Gasteiger partial charge in [-0.15, -0.1) is 0 Å². The number of alkyl halides is 3. The molecule has 1 aliphatic carbocycles. The van der Waals surface area contributed by atoms with E-state index in [1.807, 2.05) is 48.5 Å². The number of carboxylic acids is 1. The van der Waals surface area contributed by atoms with Gasteiger partial charge in [-0.25, -0.2) is 4.79 Å². The lowest BCUT2D eigenvalue weighted by molar-refractivity contribution is -0.166. The van der Waals surface area contributed by atoms with Crippen molar-refractivity contribution in [1.82, 2.24) is 10.2 Å². The Labute approximate surface area is 194 Å². The van der Waals surface area contributed by atoms with E-state index in [-0.39, 0.29) is 17.4 Å². The minimum atomic E-state index is -4.75. The first-order valence-corrected chi connectivity index (χ1v) is 10.6. The van der Waals surface area contributed by atoms with Crippen LogP contribution in [-0.2, 0) is 14.3 Å². The Morgan fingerprint density at radius 3 is 2.03 bits per heavy atom. The number of fused-ring (bicyclic) bond motifs is 3. The summed E-state index contributed by atoms with van der Waals surface area (Å²) in [5, 5.41) is 11.3. The molecule has 0 bridgehead atoms. The molecule has 182 valence electrons. The zero-order valence-corrected chi connectivity index (χ0v) is 18.7. The first-order valence-electron chi connectivity index (χ1n) is 10.6. The number of halogens is 3. The van der Waals surface area contributed by atoms with Crippen molar-refractivity contribution in [3.63, 3.8) is 0 Å². The molecule has 1 aliphatic rings. The van der Waals surface area contributed by atoms with Gasteiger partial charge in [0.2, 0.25) is 5.91 Å². The maximum Gasteiger partial charge on any atom is 0.407 e. The highest BCUT2D eigenvalue weighted by Gasteiger charge is 2.36. The Morgan fingerprint density at radius 2 is 1.53 bits per heavy atom. The number of ether oxygens (including phenoxy) is 1. The second kappa shape index (κ2) is 9.74. The molecule has 0 atom stereocenters. The number of rotatable bonds is 8. The molecule has 7 nitrogen and oxygen atoms in total. The quantitative estimate of drug-likeness (QED) is 0.594. The van der Waals surface area contributed by atoms with Gasteiger partial charge in [0.25, 0.3) is 0 Å². The van der Waals surface area contributed by atoms with Crippen molar-refractivity contribution in [2.24, 2.45) is 0 Å². The average molecular weight is 478 g/mol. The molecule has 0 aliphatic heterocycles. The van der Waals surface area contributed by atoms with Gasteiger partial charge in [-0.2, -0.15) is 13.2 Å². The third-order valence-corrected chi connectivity index (χ3v) is 5.43. The first-order chi connectivity index (χ1) is 15.9. The van der Waals surface area contributed by atoms with Gasteiger partial charge in [-0.3, -0.25) is 9.59 Å². The van der Waals surface area contributed by atoms with Gasteiger partial charge in [0.15, 0.2) is 0 Å². The van der Waals surface area contributed by atoms with Crippen molar-refractivity contribution in [3.8, 4) is 11.1 Å². The number of carboxylic acid groups (broad SMARTS) is 1. The molecular weight excluding hydrogens is 453 g/mol. The molecule has 10 heteroatoms. The van der Waals surface area contributed by atoms with Gasteiger partial charge in [-0.1, -0.05) is 48.5 Å². The number of nitrogens with zero attached hydrogens (tertiary/aromatic N) is 1. The fraction of sp³-hybridized carbons (Fsp3) is 0.375. The second-order valence-corrected chi connectivity index (χ2v) is 8.77. The summed E-state index contributed by atoms with van der Waals surface area (Å²) in [7, 11) is 0. The monoisotopic (exact) mass is 478 g/mol. The highest BCUT2D eigenvalue weighted by atomic mass is 19.4. The number of aliphatic carboxylic acids is 1. The highest BCUT2D eigenvalue weighted by Crippen LogP contribution is 2.44. The summed E-state index contributed by atoms with van der Waals surface area (Å²) < 4.78 is 43.6. The van der Waals surface area contributed by atoms with E-state index < -0.39 is 49.2 Å². The maximum atomic E-state index is 12.7. The van der Waals surface area contributed by atoms with E-state index >= 15 is 0 Å². The molecule has 2 amide bonds. The SMILES string of the molecule is CC(C)(CC(=O)N(CC(=O)O)CC(F)(F)F)NC(=O)OCC1c2ccccc2-c2ccccc21.